The molecule has 114 valence electrons. The van der Waals surface area contributed by atoms with Crippen molar-refractivity contribution in [1.29, 1.82) is 0 Å². The Morgan fingerprint density at radius 3 is 2.76 bits per heavy atom. The van der Waals surface area contributed by atoms with Gasteiger partial charge in [-0.2, -0.15) is 5.10 Å². The normalized spacial score (nSPS) is 10.9. The fourth-order valence-electron chi connectivity index (χ4n) is 2.54. The van der Waals surface area contributed by atoms with E-state index in [1.54, 1.807) is 7.11 Å². The summed E-state index contributed by atoms with van der Waals surface area (Å²) >= 11 is 0. The van der Waals surface area contributed by atoms with Crippen molar-refractivity contribution in [3.05, 3.63) is 35.7 Å². The topological polar surface area (TPSA) is 39.1 Å². The summed E-state index contributed by atoms with van der Waals surface area (Å²) < 4.78 is 7.35. The van der Waals surface area contributed by atoms with E-state index >= 15 is 0 Å². The van der Waals surface area contributed by atoms with Gasteiger partial charge in [0, 0.05) is 30.9 Å². The standard InChI is InChI=1S/C17H25N3O/c1-5-7-16-15(12-20(3)19-16)13-8-9-17(21-4)14(10-13)11-18-6-2/h8-10,12,18H,5-7,11H2,1-4H3. The lowest BCUT2D eigenvalue weighted by Gasteiger charge is -2.11. The van der Waals surface area contributed by atoms with Gasteiger partial charge in [-0.25, -0.2) is 0 Å². The minimum atomic E-state index is 0.816. The molecule has 2 rings (SSSR count). The molecule has 0 radical (unpaired) electrons. The molecule has 21 heavy (non-hydrogen) atoms. The Labute approximate surface area is 127 Å². The molecule has 0 aliphatic carbocycles. The van der Waals surface area contributed by atoms with Crippen molar-refractivity contribution in [3.8, 4) is 16.9 Å². The van der Waals surface area contributed by atoms with Crippen molar-refractivity contribution in [2.75, 3.05) is 13.7 Å². The summed E-state index contributed by atoms with van der Waals surface area (Å²) in [4.78, 5) is 0. The molecule has 1 heterocycles. The highest BCUT2D eigenvalue weighted by atomic mass is 16.5. The van der Waals surface area contributed by atoms with Gasteiger partial charge in [0.15, 0.2) is 0 Å². The second-order valence-electron chi connectivity index (χ2n) is 5.22. The van der Waals surface area contributed by atoms with E-state index in [2.05, 4.69) is 42.6 Å². The SMILES string of the molecule is CCCc1nn(C)cc1-c1ccc(OC)c(CNCC)c1. The second kappa shape index (κ2) is 7.27. The lowest BCUT2D eigenvalue weighted by molar-refractivity contribution is 0.408. The molecule has 0 bridgehead atoms. The third-order valence-electron chi connectivity index (χ3n) is 3.55. The molecule has 1 aromatic carbocycles. The fraction of sp³-hybridized carbons (Fsp3) is 0.471. The Balaban J connectivity index is 2.39. The van der Waals surface area contributed by atoms with Crippen LogP contribution in [0.25, 0.3) is 11.1 Å². The molecule has 4 heteroatoms. The Bertz CT molecular complexity index is 590. The highest BCUT2D eigenvalue weighted by Gasteiger charge is 2.12. The zero-order valence-electron chi connectivity index (χ0n) is 13.4. The Hall–Kier alpha value is -1.81. The summed E-state index contributed by atoms with van der Waals surface area (Å²) in [7, 11) is 3.70. The molecule has 0 saturated heterocycles. The highest BCUT2D eigenvalue weighted by molar-refractivity contribution is 5.67. The summed E-state index contributed by atoms with van der Waals surface area (Å²) in [6.45, 7) is 6.05. The number of methoxy groups -OCH3 is 1. The number of benzene rings is 1. The molecule has 0 aliphatic rings. The first-order valence-corrected chi connectivity index (χ1v) is 7.60. The van der Waals surface area contributed by atoms with E-state index in [0.717, 1.165) is 31.7 Å². The monoisotopic (exact) mass is 287 g/mol. The molecule has 1 aromatic heterocycles. The van der Waals surface area contributed by atoms with Gasteiger partial charge in [-0.15, -0.1) is 0 Å². The summed E-state index contributed by atoms with van der Waals surface area (Å²) in [6.07, 6.45) is 4.21. The van der Waals surface area contributed by atoms with E-state index in [-0.39, 0.29) is 0 Å². The molecular weight excluding hydrogens is 262 g/mol. The number of aryl methyl sites for hydroxylation is 2. The highest BCUT2D eigenvalue weighted by Crippen LogP contribution is 2.29. The predicted molar refractivity (Wildman–Crippen MR) is 86.6 cm³/mol. The average Bonchev–Trinajstić information content (AvgIpc) is 2.86. The van der Waals surface area contributed by atoms with E-state index < -0.39 is 0 Å². The molecule has 4 nitrogen and oxygen atoms in total. The summed E-state index contributed by atoms with van der Waals surface area (Å²) in [5.74, 6) is 0.931. The number of nitrogens with one attached hydrogen (secondary N) is 1. The van der Waals surface area contributed by atoms with Gasteiger partial charge in [-0.1, -0.05) is 26.3 Å². The maximum absolute atomic E-state index is 5.46. The molecule has 0 aliphatic heterocycles. The summed E-state index contributed by atoms with van der Waals surface area (Å²) in [5, 5.41) is 7.94. The molecule has 0 fully saturated rings. The van der Waals surface area contributed by atoms with Crippen molar-refractivity contribution in [3.63, 3.8) is 0 Å². The van der Waals surface area contributed by atoms with Crippen LogP contribution >= 0.6 is 0 Å². The van der Waals surface area contributed by atoms with Crippen LogP contribution in [0.2, 0.25) is 0 Å². The van der Waals surface area contributed by atoms with Gasteiger partial charge in [0.25, 0.3) is 0 Å². The zero-order valence-corrected chi connectivity index (χ0v) is 13.4. The quantitative estimate of drug-likeness (QED) is 0.850. The largest absolute Gasteiger partial charge is 0.496 e. The van der Waals surface area contributed by atoms with Gasteiger partial charge in [-0.05, 0) is 30.7 Å². The van der Waals surface area contributed by atoms with Gasteiger partial charge in [-0.3, -0.25) is 4.68 Å². The number of ether oxygens (including phenoxy) is 1. The first-order chi connectivity index (χ1) is 10.2. The van der Waals surface area contributed by atoms with Crippen LogP contribution in [0.1, 0.15) is 31.5 Å². The number of aromatic nitrogens is 2. The van der Waals surface area contributed by atoms with E-state index in [9.17, 15) is 0 Å². The lowest BCUT2D eigenvalue weighted by atomic mass is 10.0. The fourth-order valence-corrected chi connectivity index (χ4v) is 2.54. The molecule has 0 atom stereocenters. The smallest absolute Gasteiger partial charge is 0.123 e. The average molecular weight is 287 g/mol. The van der Waals surface area contributed by atoms with E-state index in [1.807, 2.05) is 17.8 Å². The van der Waals surface area contributed by atoms with Crippen LogP contribution < -0.4 is 10.1 Å². The van der Waals surface area contributed by atoms with Gasteiger partial charge in [0.1, 0.15) is 5.75 Å². The third kappa shape index (κ3) is 3.64. The molecule has 0 unspecified atom stereocenters. The molecule has 0 amide bonds. The van der Waals surface area contributed by atoms with Gasteiger partial charge in [0.05, 0.1) is 12.8 Å². The van der Waals surface area contributed by atoms with Gasteiger partial charge >= 0.3 is 0 Å². The Morgan fingerprint density at radius 1 is 1.29 bits per heavy atom. The molecule has 2 aromatic rings. The van der Waals surface area contributed by atoms with Crippen molar-refractivity contribution in [2.24, 2.45) is 7.05 Å². The van der Waals surface area contributed by atoms with Crippen LogP contribution in [0.4, 0.5) is 0 Å². The van der Waals surface area contributed by atoms with Crippen LogP contribution in [-0.2, 0) is 20.0 Å². The van der Waals surface area contributed by atoms with Crippen LogP contribution in [0, 0.1) is 0 Å². The minimum Gasteiger partial charge on any atom is -0.496 e. The number of nitrogens with zero attached hydrogens (tertiary/aromatic N) is 2. The van der Waals surface area contributed by atoms with Crippen LogP contribution in [-0.4, -0.2) is 23.4 Å². The predicted octanol–water partition coefficient (Wildman–Crippen LogP) is 3.16. The van der Waals surface area contributed by atoms with Crippen molar-refractivity contribution in [2.45, 2.75) is 33.2 Å². The number of hydrogen-bond acceptors (Lipinski definition) is 3. The summed E-state index contributed by atoms with van der Waals surface area (Å²) in [6, 6.07) is 6.37. The lowest BCUT2D eigenvalue weighted by Crippen LogP contribution is -2.12. The Kier molecular flexibility index (Phi) is 5.39. The molecule has 0 saturated carbocycles. The van der Waals surface area contributed by atoms with E-state index in [1.165, 1.54) is 22.4 Å². The summed E-state index contributed by atoms with van der Waals surface area (Å²) in [5.41, 5.74) is 4.78. The van der Waals surface area contributed by atoms with E-state index in [0.29, 0.717) is 0 Å². The van der Waals surface area contributed by atoms with Crippen molar-refractivity contribution >= 4 is 0 Å². The first-order valence-electron chi connectivity index (χ1n) is 7.60. The Morgan fingerprint density at radius 2 is 2.10 bits per heavy atom. The number of hydrogen-bond donors (Lipinski definition) is 1. The van der Waals surface area contributed by atoms with Crippen molar-refractivity contribution < 1.29 is 4.74 Å². The van der Waals surface area contributed by atoms with Gasteiger partial charge < -0.3 is 10.1 Å². The molecule has 1 N–H and O–H groups in total. The second-order valence-corrected chi connectivity index (χ2v) is 5.22. The molecule has 0 spiro atoms. The van der Waals surface area contributed by atoms with Crippen LogP contribution in [0.5, 0.6) is 5.75 Å². The van der Waals surface area contributed by atoms with Crippen LogP contribution in [0.15, 0.2) is 24.4 Å². The van der Waals surface area contributed by atoms with Gasteiger partial charge in [0.2, 0.25) is 0 Å². The van der Waals surface area contributed by atoms with Crippen molar-refractivity contribution in [1.82, 2.24) is 15.1 Å². The maximum Gasteiger partial charge on any atom is 0.123 e. The third-order valence-corrected chi connectivity index (χ3v) is 3.55. The minimum absolute atomic E-state index is 0.816. The first kappa shape index (κ1) is 15.6. The maximum atomic E-state index is 5.46. The van der Waals surface area contributed by atoms with Crippen LogP contribution in [0.3, 0.4) is 0 Å². The molecular formula is C17H25N3O. The number of rotatable bonds is 7. The van der Waals surface area contributed by atoms with E-state index in [4.69, 9.17) is 4.74 Å². The zero-order chi connectivity index (χ0) is 15.2.